The second kappa shape index (κ2) is 6.87. The van der Waals surface area contributed by atoms with Crippen molar-refractivity contribution in [3.8, 4) is 0 Å². The fraction of sp³-hybridized carbons (Fsp3) is 0.571. The third kappa shape index (κ3) is 4.57. The second-order valence-corrected chi connectivity index (χ2v) is 5.26. The first-order valence-electron chi connectivity index (χ1n) is 6.24. The van der Waals surface area contributed by atoms with Gasteiger partial charge in [0, 0.05) is 30.8 Å². The van der Waals surface area contributed by atoms with Crippen LogP contribution in [-0.4, -0.2) is 20.1 Å². The molecule has 0 heterocycles. The summed E-state index contributed by atoms with van der Waals surface area (Å²) in [5.74, 6) is 0.644. The molecular weight excluding hydrogens is 232 g/mol. The second-order valence-electron chi connectivity index (χ2n) is 4.83. The van der Waals surface area contributed by atoms with Crippen molar-refractivity contribution in [2.45, 2.75) is 27.3 Å². The molecule has 0 aliphatic rings. The average Bonchev–Trinajstić information content (AvgIpc) is 2.26. The van der Waals surface area contributed by atoms with Gasteiger partial charge < -0.3 is 10.2 Å². The number of anilines is 1. The van der Waals surface area contributed by atoms with Crippen LogP contribution in [0.25, 0.3) is 0 Å². The van der Waals surface area contributed by atoms with Crippen LogP contribution in [0.2, 0.25) is 5.02 Å². The number of benzene rings is 1. The van der Waals surface area contributed by atoms with Gasteiger partial charge in [-0.25, -0.2) is 0 Å². The Morgan fingerprint density at radius 3 is 2.65 bits per heavy atom. The predicted octanol–water partition coefficient (Wildman–Crippen LogP) is 3.54. The standard InChI is InChI=1S/C14H23ClN2/c1-5-16-9-12-6-7-13(15)8-14(12)17(4)10-11(2)3/h6-8,11,16H,5,9-10H2,1-4H3. The zero-order valence-corrected chi connectivity index (χ0v) is 12.0. The van der Waals surface area contributed by atoms with Gasteiger partial charge in [-0.05, 0) is 30.2 Å². The van der Waals surface area contributed by atoms with E-state index in [2.05, 4.69) is 50.2 Å². The van der Waals surface area contributed by atoms with Crippen LogP contribution in [0.5, 0.6) is 0 Å². The van der Waals surface area contributed by atoms with Crippen molar-refractivity contribution in [3.05, 3.63) is 28.8 Å². The van der Waals surface area contributed by atoms with Gasteiger partial charge in [-0.2, -0.15) is 0 Å². The molecule has 0 saturated carbocycles. The molecule has 0 atom stereocenters. The van der Waals surface area contributed by atoms with E-state index >= 15 is 0 Å². The Hall–Kier alpha value is -0.730. The van der Waals surface area contributed by atoms with Crippen LogP contribution in [-0.2, 0) is 6.54 Å². The van der Waals surface area contributed by atoms with Crippen LogP contribution < -0.4 is 10.2 Å². The van der Waals surface area contributed by atoms with E-state index in [1.807, 2.05) is 6.07 Å². The molecule has 0 aliphatic heterocycles. The highest BCUT2D eigenvalue weighted by Gasteiger charge is 2.09. The van der Waals surface area contributed by atoms with Crippen LogP contribution in [0.1, 0.15) is 26.3 Å². The zero-order chi connectivity index (χ0) is 12.8. The van der Waals surface area contributed by atoms with Gasteiger partial charge in [0.1, 0.15) is 0 Å². The van der Waals surface area contributed by atoms with Crippen molar-refractivity contribution < 1.29 is 0 Å². The first-order chi connectivity index (χ1) is 8.04. The van der Waals surface area contributed by atoms with E-state index in [-0.39, 0.29) is 0 Å². The zero-order valence-electron chi connectivity index (χ0n) is 11.3. The van der Waals surface area contributed by atoms with Gasteiger partial charge in [-0.15, -0.1) is 0 Å². The Labute approximate surface area is 110 Å². The lowest BCUT2D eigenvalue weighted by Gasteiger charge is -2.24. The molecule has 0 spiro atoms. The van der Waals surface area contributed by atoms with Gasteiger partial charge in [0.2, 0.25) is 0 Å². The van der Waals surface area contributed by atoms with Gasteiger partial charge >= 0.3 is 0 Å². The monoisotopic (exact) mass is 254 g/mol. The number of nitrogens with zero attached hydrogens (tertiary/aromatic N) is 1. The summed E-state index contributed by atoms with van der Waals surface area (Å²) in [7, 11) is 2.13. The molecule has 96 valence electrons. The van der Waals surface area contributed by atoms with E-state index in [4.69, 9.17) is 11.6 Å². The quantitative estimate of drug-likeness (QED) is 0.835. The summed E-state index contributed by atoms with van der Waals surface area (Å²) in [5.41, 5.74) is 2.53. The lowest BCUT2D eigenvalue weighted by molar-refractivity contribution is 0.634. The molecular formula is C14H23ClN2. The van der Waals surface area contributed by atoms with Crippen molar-refractivity contribution in [1.82, 2.24) is 5.32 Å². The highest BCUT2D eigenvalue weighted by atomic mass is 35.5. The molecule has 17 heavy (non-hydrogen) atoms. The predicted molar refractivity (Wildman–Crippen MR) is 76.9 cm³/mol. The number of hydrogen-bond acceptors (Lipinski definition) is 2. The Balaban J connectivity index is 2.89. The molecule has 0 amide bonds. The fourth-order valence-corrected chi connectivity index (χ4v) is 2.11. The highest BCUT2D eigenvalue weighted by molar-refractivity contribution is 6.30. The maximum absolute atomic E-state index is 6.08. The maximum Gasteiger partial charge on any atom is 0.0426 e. The number of hydrogen-bond donors (Lipinski definition) is 1. The van der Waals surface area contributed by atoms with Crippen molar-refractivity contribution in [2.24, 2.45) is 5.92 Å². The van der Waals surface area contributed by atoms with Crippen molar-refractivity contribution in [2.75, 3.05) is 25.0 Å². The first-order valence-corrected chi connectivity index (χ1v) is 6.62. The molecule has 1 N–H and O–H groups in total. The molecule has 0 radical (unpaired) electrons. The number of halogens is 1. The van der Waals surface area contributed by atoms with Crippen LogP contribution in [0.4, 0.5) is 5.69 Å². The van der Waals surface area contributed by atoms with E-state index in [0.29, 0.717) is 5.92 Å². The third-order valence-electron chi connectivity index (χ3n) is 2.66. The first kappa shape index (κ1) is 14.3. The fourth-order valence-electron chi connectivity index (χ4n) is 1.95. The molecule has 0 unspecified atom stereocenters. The minimum Gasteiger partial charge on any atom is -0.374 e. The van der Waals surface area contributed by atoms with Crippen LogP contribution in [0, 0.1) is 5.92 Å². The summed E-state index contributed by atoms with van der Waals surface area (Å²) in [5, 5.41) is 4.16. The van der Waals surface area contributed by atoms with Crippen LogP contribution in [0.15, 0.2) is 18.2 Å². The van der Waals surface area contributed by atoms with E-state index in [0.717, 1.165) is 24.7 Å². The topological polar surface area (TPSA) is 15.3 Å². The van der Waals surface area contributed by atoms with Gasteiger partial charge in [0.05, 0.1) is 0 Å². The van der Waals surface area contributed by atoms with E-state index in [1.54, 1.807) is 0 Å². The minimum absolute atomic E-state index is 0.644. The molecule has 0 bridgehead atoms. The highest BCUT2D eigenvalue weighted by Crippen LogP contribution is 2.24. The summed E-state index contributed by atoms with van der Waals surface area (Å²) in [6.45, 7) is 9.49. The molecule has 0 aliphatic carbocycles. The summed E-state index contributed by atoms with van der Waals surface area (Å²) in [6, 6.07) is 6.12. The van der Waals surface area contributed by atoms with E-state index < -0.39 is 0 Å². The molecule has 1 aromatic carbocycles. The van der Waals surface area contributed by atoms with Gasteiger partial charge in [-0.1, -0.05) is 38.4 Å². The third-order valence-corrected chi connectivity index (χ3v) is 2.90. The lowest BCUT2D eigenvalue weighted by Crippen LogP contribution is -2.25. The number of nitrogens with one attached hydrogen (secondary N) is 1. The normalized spacial score (nSPS) is 10.9. The Kier molecular flexibility index (Phi) is 5.79. The SMILES string of the molecule is CCNCc1ccc(Cl)cc1N(C)CC(C)C. The molecule has 2 nitrogen and oxygen atoms in total. The van der Waals surface area contributed by atoms with Crippen molar-refractivity contribution in [3.63, 3.8) is 0 Å². The molecule has 0 saturated heterocycles. The van der Waals surface area contributed by atoms with Gasteiger partial charge in [-0.3, -0.25) is 0 Å². The summed E-state index contributed by atoms with van der Waals surface area (Å²) in [4.78, 5) is 2.28. The molecule has 1 rings (SSSR count). The molecule has 0 aromatic heterocycles. The Morgan fingerprint density at radius 1 is 1.35 bits per heavy atom. The van der Waals surface area contributed by atoms with Crippen molar-refractivity contribution >= 4 is 17.3 Å². The smallest absolute Gasteiger partial charge is 0.0426 e. The summed E-state index contributed by atoms with van der Waals surface area (Å²) in [6.07, 6.45) is 0. The Morgan fingerprint density at radius 2 is 2.06 bits per heavy atom. The minimum atomic E-state index is 0.644. The lowest BCUT2D eigenvalue weighted by atomic mass is 10.1. The van der Waals surface area contributed by atoms with Gasteiger partial charge in [0.25, 0.3) is 0 Å². The van der Waals surface area contributed by atoms with E-state index in [1.165, 1.54) is 11.3 Å². The Bertz CT molecular complexity index is 350. The van der Waals surface area contributed by atoms with Crippen LogP contribution in [0.3, 0.4) is 0 Å². The maximum atomic E-state index is 6.08. The van der Waals surface area contributed by atoms with Gasteiger partial charge in [0.15, 0.2) is 0 Å². The largest absolute Gasteiger partial charge is 0.374 e. The van der Waals surface area contributed by atoms with Crippen LogP contribution >= 0.6 is 11.6 Å². The van der Waals surface area contributed by atoms with E-state index in [9.17, 15) is 0 Å². The molecule has 3 heteroatoms. The molecule has 1 aromatic rings. The summed E-state index contributed by atoms with van der Waals surface area (Å²) < 4.78 is 0. The van der Waals surface area contributed by atoms with Crippen molar-refractivity contribution in [1.29, 1.82) is 0 Å². The summed E-state index contributed by atoms with van der Waals surface area (Å²) >= 11 is 6.08. The number of rotatable bonds is 6. The molecule has 0 fully saturated rings. The average molecular weight is 255 g/mol.